The van der Waals surface area contributed by atoms with Gasteiger partial charge in [0.05, 0.1) is 25.5 Å². The first-order chi connectivity index (χ1) is 13.0. The minimum Gasteiger partial charge on any atom is -0.378 e. The zero-order valence-electron chi connectivity index (χ0n) is 14.5. The first-order valence-electron chi connectivity index (χ1n) is 8.55. The lowest BCUT2D eigenvalue weighted by Gasteiger charge is -2.13. The van der Waals surface area contributed by atoms with Gasteiger partial charge in [-0.2, -0.15) is 5.10 Å². The van der Waals surface area contributed by atoms with E-state index in [9.17, 15) is 18.8 Å². The van der Waals surface area contributed by atoms with Gasteiger partial charge in [0, 0.05) is 24.9 Å². The summed E-state index contributed by atoms with van der Waals surface area (Å²) < 4.78 is 18.3. The van der Waals surface area contributed by atoms with Crippen LogP contribution in [0.2, 0.25) is 0 Å². The van der Waals surface area contributed by atoms with Crippen LogP contribution in [0.3, 0.4) is 0 Å². The van der Waals surface area contributed by atoms with Crippen molar-refractivity contribution in [1.29, 1.82) is 0 Å². The highest BCUT2D eigenvalue weighted by molar-refractivity contribution is 6.01. The largest absolute Gasteiger partial charge is 0.378 e. The summed E-state index contributed by atoms with van der Waals surface area (Å²) in [7, 11) is 0. The number of rotatable bonds is 8. The average Bonchev–Trinajstić information content (AvgIpc) is 3.27. The van der Waals surface area contributed by atoms with Crippen molar-refractivity contribution >= 4 is 17.7 Å². The second kappa shape index (κ2) is 8.54. The topological polar surface area (TPSA) is 104 Å². The molecule has 0 radical (unpaired) electrons. The van der Waals surface area contributed by atoms with Gasteiger partial charge in [-0.3, -0.25) is 24.4 Å². The summed E-state index contributed by atoms with van der Waals surface area (Å²) in [6.45, 7) is 0.978. The molecule has 1 aromatic heterocycles. The predicted octanol–water partition coefficient (Wildman–Crippen LogP) is 1.11. The van der Waals surface area contributed by atoms with Crippen molar-refractivity contribution < 1.29 is 23.5 Å². The summed E-state index contributed by atoms with van der Waals surface area (Å²) in [6, 6.07) is 7.39. The summed E-state index contributed by atoms with van der Waals surface area (Å²) in [6.07, 6.45) is 0.526. The van der Waals surface area contributed by atoms with Crippen LogP contribution >= 0.6 is 0 Å². The molecule has 0 unspecified atom stereocenters. The van der Waals surface area contributed by atoms with Crippen LogP contribution < -0.4 is 5.32 Å². The van der Waals surface area contributed by atoms with E-state index < -0.39 is 0 Å². The number of aromatic nitrogens is 2. The molecule has 0 saturated carbocycles. The highest BCUT2D eigenvalue weighted by Crippen LogP contribution is 2.17. The zero-order chi connectivity index (χ0) is 19.2. The number of H-pyrrole nitrogens is 1. The standard InChI is InChI=1S/C18H19FN4O4/c19-13-3-1-12(2-4-13)14-11-15(22-21-14)18(26)20-7-9-27-10-8-23-16(24)5-6-17(23)25/h1-4,11H,5-10H2,(H,20,26)(H,21,22). The van der Waals surface area contributed by atoms with E-state index in [1.165, 1.54) is 17.0 Å². The van der Waals surface area contributed by atoms with E-state index in [1.54, 1.807) is 18.2 Å². The van der Waals surface area contributed by atoms with Gasteiger partial charge in [-0.05, 0) is 30.3 Å². The van der Waals surface area contributed by atoms with Crippen LogP contribution in [0.5, 0.6) is 0 Å². The number of nitrogens with one attached hydrogen (secondary N) is 2. The third-order valence-electron chi connectivity index (χ3n) is 4.11. The Labute approximate surface area is 154 Å². The van der Waals surface area contributed by atoms with E-state index in [1.807, 2.05) is 0 Å². The Kier molecular flexibility index (Phi) is 5.92. The molecule has 0 aliphatic carbocycles. The van der Waals surface area contributed by atoms with Gasteiger partial charge in [-0.1, -0.05) is 0 Å². The van der Waals surface area contributed by atoms with Gasteiger partial charge in [-0.15, -0.1) is 0 Å². The van der Waals surface area contributed by atoms with Gasteiger partial charge < -0.3 is 10.1 Å². The molecule has 142 valence electrons. The third-order valence-corrected chi connectivity index (χ3v) is 4.11. The predicted molar refractivity (Wildman–Crippen MR) is 93.1 cm³/mol. The Morgan fingerprint density at radius 3 is 2.59 bits per heavy atom. The molecule has 27 heavy (non-hydrogen) atoms. The molecule has 2 heterocycles. The van der Waals surface area contributed by atoms with E-state index in [0.717, 1.165) is 0 Å². The monoisotopic (exact) mass is 374 g/mol. The molecule has 0 spiro atoms. The van der Waals surface area contributed by atoms with E-state index in [4.69, 9.17) is 4.74 Å². The van der Waals surface area contributed by atoms with Gasteiger partial charge in [0.1, 0.15) is 11.5 Å². The maximum absolute atomic E-state index is 12.9. The number of carbonyl (C=O) groups is 3. The number of benzene rings is 1. The molecule has 1 aliphatic rings. The molecular formula is C18H19FN4O4. The molecular weight excluding hydrogens is 355 g/mol. The lowest BCUT2D eigenvalue weighted by molar-refractivity contribution is -0.139. The van der Waals surface area contributed by atoms with Crippen molar-refractivity contribution in [2.75, 3.05) is 26.3 Å². The minimum atomic E-state index is -0.343. The first kappa shape index (κ1) is 18.7. The molecule has 2 aromatic rings. The molecule has 9 heteroatoms. The van der Waals surface area contributed by atoms with Gasteiger partial charge in [0.2, 0.25) is 11.8 Å². The number of hydrogen-bond donors (Lipinski definition) is 2. The fourth-order valence-corrected chi connectivity index (χ4v) is 2.67. The Hall–Kier alpha value is -3.07. The second-order valence-electron chi connectivity index (χ2n) is 5.98. The third kappa shape index (κ3) is 4.76. The number of imide groups is 1. The Balaban J connectivity index is 1.38. The number of amides is 3. The molecule has 1 aliphatic heterocycles. The van der Waals surface area contributed by atoms with Crippen LogP contribution in [0.4, 0.5) is 4.39 Å². The second-order valence-corrected chi connectivity index (χ2v) is 5.98. The normalized spacial score (nSPS) is 14.0. The fraction of sp³-hybridized carbons (Fsp3) is 0.333. The van der Waals surface area contributed by atoms with Gasteiger partial charge in [0.15, 0.2) is 0 Å². The van der Waals surface area contributed by atoms with Crippen LogP contribution in [0.15, 0.2) is 30.3 Å². The molecule has 1 saturated heterocycles. The van der Waals surface area contributed by atoms with Crippen molar-refractivity contribution in [3.8, 4) is 11.3 Å². The quantitative estimate of drug-likeness (QED) is 0.532. The maximum atomic E-state index is 12.9. The van der Waals surface area contributed by atoms with Crippen molar-refractivity contribution in [3.63, 3.8) is 0 Å². The zero-order valence-corrected chi connectivity index (χ0v) is 14.5. The molecule has 1 fully saturated rings. The SMILES string of the molecule is O=C(NCCOCCN1C(=O)CCC1=O)c1cc(-c2ccc(F)cc2)n[nH]1. The average molecular weight is 374 g/mol. The number of aromatic amines is 1. The smallest absolute Gasteiger partial charge is 0.269 e. The number of nitrogens with zero attached hydrogens (tertiary/aromatic N) is 2. The van der Waals surface area contributed by atoms with Gasteiger partial charge >= 0.3 is 0 Å². The van der Waals surface area contributed by atoms with E-state index in [0.29, 0.717) is 11.3 Å². The lowest BCUT2D eigenvalue weighted by atomic mass is 10.1. The van der Waals surface area contributed by atoms with E-state index in [-0.39, 0.29) is 68.4 Å². The van der Waals surface area contributed by atoms with Crippen LogP contribution in [0, 0.1) is 5.82 Å². The van der Waals surface area contributed by atoms with Crippen LogP contribution in [-0.4, -0.2) is 59.1 Å². The van der Waals surface area contributed by atoms with Crippen molar-refractivity contribution in [2.24, 2.45) is 0 Å². The molecule has 0 atom stereocenters. The maximum Gasteiger partial charge on any atom is 0.269 e. The van der Waals surface area contributed by atoms with Crippen molar-refractivity contribution in [2.45, 2.75) is 12.8 Å². The Morgan fingerprint density at radius 2 is 1.89 bits per heavy atom. The van der Waals surface area contributed by atoms with Crippen molar-refractivity contribution in [3.05, 3.63) is 41.8 Å². The highest BCUT2D eigenvalue weighted by Gasteiger charge is 2.28. The first-order valence-corrected chi connectivity index (χ1v) is 8.55. The molecule has 3 amide bonds. The molecule has 8 nitrogen and oxygen atoms in total. The van der Waals surface area contributed by atoms with Gasteiger partial charge in [-0.25, -0.2) is 4.39 Å². The summed E-state index contributed by atoms with van der Waals surface area (Å²) in [4.78, 5) is 36.1. The summed E-state index contributed by atoms with van der Waals surface area (Å²) in [5.74, 6) is -1.03. The van der Waals surface area contributed by atoms with E-state index >= 15 is 0 Å². The van der Waals surface area contributed by atoms with Gasteiger partial charge in [0.25, 0.3) is 5.91 Å². The number of likely N-dealkylation sites (tertiary alicyclic amines) is 1. The van der Waals surface area contributed by atoms with Crippen LogP contribution in [0.25, 0.3) is 11.3 Å². The number of carbonyl (C=O) groups excluding carboxylic acids is 3. The Bertz CT molecular complexity index is 818. The Morgan fingerprint density at radius 1 is 1.19 bits per heavy atom. The molecule has 2 N–H and O–H groups in total. The molecule has 1 aromatic carbocycles. The minimum absolute atomic E-state index is 0.173. The summed E-state index contributed by atoms with van der Waals surface area (Å²) in [5.41, 5.74) is 1.51. The number of hydrogen-bond acceptors (Lipinski definition) is 5. The number of ether oxygens (including phenoxy) is 1. The summed E-state index contributed by atoms with van der Waals surface area (Å²) >= 11 is 0. The molecule has 3 rings (SSSR count). The fourth-order valence-electron chi connectivity index (χ4n) is 2.67. The summed E-state index contributed by atoms with van der Waals surface area (Å²) in [5, 5.41) is 9.36. The highest BCUT2D eigenvalue weighted by atomic mass is 19.1. The number of halogens is 1. The van der Waals surface area contributed by atoms with Crippen LogP contribution in [0.1, 0.15) is 23.3 Å². The van der Waals surface area contributed by atoms with Crippen LogP contribution in [-0.2, 0) is 14.3 Å². The van der Waals surface area contributed by atoms with E-state index in [2.05, 4.69) is 15.5 Å². The molecule has 0 bridgehead atoms. The van der Waals surface area contributed by atoms with Crippen molar-refractivity contribution in [1.82, 2.24) is 20.4 Å². The lowest BCUT2D eigenvalue weighted by Crippen LogP contribution is -2.33.